The number of hydrogen-bond donors (Lipinski definition) is 1. The van der Waals surface area contributed by atoms with Crippen LogP contribution in [0.1, 0.15) is 27.7 Å². The standard InChI is InChI=1S/C9H17F2N.C8H15F2N/c1-6(2)9-7(10)4-12(3)5-8(9)11;1-5(2)8-6(9)3-11-4-7(8)10/h6-9H,4-5H2,1-3H3;5-8,11H,3-4H2,1-2H3. The van der Waals surface area contributed by atoms with E-state index in [4.69, 9.17) is 0 Å². The van der Waals surface area contributed by atoms with E-state index in [-0.39, 0.29) is 11.8 Å². The predicted octanol–water partition coefficient (Wildman–Crippen LogP) is 3.42. The summed E-state index contributed by atoms with van der Waals surface area (Å²) in [5.41, 5.74) is 0. The minimum atomic E-state index is -1.02. The van der Waals surface area contributed by atoms with Gasteiger partial charge in [-0.2, -0.15) is 0 Å². The molecule has 0 bridgehead atoms. The van der Waals surface area contributed by atoms with E-state index in [1.54, 1.807) is 11.9 Å². The number of piperidine rings is 2. The Bertz CT molecular complexity index is 319. The van der Waals surface area contributed by atoms with Crippen molar-refractivity contribution in [3.63, 3.8) is 0 Å². The van der Waals surface area contributed by atoms with Crippen LogP contribution in [0.5, 0.6) is 0 Å². The maximum Gasteiger partial charge on any atom is 0.119 e. The van der Waals surface area contributed by atoms with Crippen molar-refractivity contribution in [2.45, 2.75) is 52.4 Å². The molecule has 4 atom stereocenters. The Hall–Kier alpha value is -0.360. The maximum absolute atomic E-state index is 13.3. The molecule has 0 aliphatic carbocycles. The maximum atomic E-state index is 13.3. The largest absolute Gasteiger partial charge is 0.311 e. The van der Waals surface area contributed by atoms with E-state index in [9.17, 15) is 17.6 Å². The van der Waals surface area contributed by atoms with Crippen molar-refractivity contribution in [2.24, 2.45) is 23.7 Å². The van der Waals surface area contributed by atoms with Crippen LogP contribution in [0.2, 0.25) is 0 Å². The summed E-state index contributed by atoms with van der Waals surface area (Å²) in [5, 5.41) is 2.72. The quantitative estimate of drug-likeness (QED) is 0.775. The average molecular weight is 340 g/mol. The molecule has 2 aliphatic rings. The molecule has 0 aromatic carbocycles. The zero-order valence-electron chi connectivity index (χ0n) is 14.9. The molecule has 0 spiro atoms. The lowest BCUT2D eigenvalue weighted by molar-refractivity contribution is 0.00543. The first-order chi connectivity index (χ1) is 10.6. The second-order valence-corrected chi connectivity index (χ2v) is 7.59. The lowest BCUT2D eigenvalue weighted by Crippen LogP contribution is -2.48. The van der Waals surface area contributed by atoms with Gasteiger partial charge in [0.05, 0.1) is 0 Å². The third kappa shape index (κ3) is 5.89. The van der Waals surface area contributed by atoms with Crippen LogP contribution >= 0.6 is 0 Å². The van der Waals surface area contributed by atoms with Gasteiger partial charge in [-0.05, 0) is 18.9 Å². The molecule has 2 rings (SSSR count). The van der Waals surface area contributed by atoms with Crippen molar-refractivity contribution in [1.29, 1.82) is 0 Å². The van der Waals surface area contributed by atoms with Crippen molar-refractivity contribution in [1.82, 2.24) is 10.2 Å². The average Bonchev–Trinajstić information content (AvgIpc) is 2.36. The van der Waals surface area contributed by atoms with Crippen molar-refractivity contribution in [3.05, 3.63) is 0 Å². The first-order valence-electron chi connectivity index (χ1n) is 8.60. The highest BCUT2D eigenvalue weighted by Crippen LogP contribution is 2.29. The molecular formula is C17H32F4N2. The first-order valence-corrected chi connectivity index (χ1v) is 8.60. The summed E-state index contributed by atoms with van der Waals surface area (Å²) < 4.78 is 52.7. The monoisotopic (exact) mass is 340 g/mol. The lowest BCUT2D eigenvalue weighted by atomic mass is 9.84. The van der Waals surface area contributed by atoms with Crippen LogP contribution in [0, 0.1) is 23.7 Å². The highest BCUT2D eigenvalue weighted by Gasteiger charge is 2.38. The number of likely N-dealkylation sites (tertiary alicyclic amines) is 1. The molecule has 0 radical (unpaired) electrons. The molecule has 2 heterocycles. The Morgan fingerprint density at radius 1 is 0.739 bits per heavy atom. The lowest BCUT2D eigenvalue weighted by Gasteiger charge is -2.37. The van der Waals surface area contributed by atoms with E-state index < -0.39 is 36.5 Å². The molecule has 1 N–H and O–H groups in total. The van der Waals surface area contributed by atoms with Crippen molar-refractivity contribution in [3.8, 4) is 0 Å². The van der Waals surface area contributed by atoms with Gasteiger partial charge in [0.15, 0.2) is 0 Å². The van der Waals surface area contributed by atoms with Crippen molar-refractivity contribution in [2.75, 3.05) is 33.2 Å². The van der Waals surface area contributed by atoms with Gasteiger partial charge >= 0.3 is 0 Å². The van der Waals surface area contributed by atoms with Gasteiger partial charge in [-0.25, -0.2) is 17.6 Å². The van der Waals surface area contributed by atoms with Gasteiger partial charge in [0.1, 0.15) is 24.7 Å². The van der Waals surface area contributed by atoms with Crippen LogP contribution in [0.25, 0.3) is 0 Å². The molecular weight excluding hydrogens is 308 g/mol. The summed E-state index contributed by atoms with van der Waals surface area (Å²) >= 11 is 0. The molecule has 23 heavy (non-hydrogen) atoms. The highest BCUT2D eigenvalue weighted by atomic mass is 19.2. The van der Waals surface area contributed by atoms with Crippen molar-refractivity contribution < 1.29 is 17.6 Å². The third-order valence-electron chi connectivity index (χ3n) is 4.86. The fourth-order valence-corrected chi connectivity index (χ4v) is 3.67. The Balaban J connectivity index is 0.000000231. The summed E-state index contributed by atoms with van der Waals surface area (Å²) in [5.74, 6) is -0.608. The molecule has 6 heteroatoms. The van der Waals surface area contributed by atoms with Crippen LogP contribution in [-0.4, -0.2) is 62.8 Å². The van der Waals surface area contributed by atoms with E-state index in [2.05, 4.69) is 5.32 Å². The summed E-state index contributed by atoms with van der Waals surface area (Å²) in [6.45, 7) is 8.88. The van der Waals surface area contributed by atoms with Crippen LogP contribution in [0.4, 0.5) is 17.6 Å². The van der Waals surface area contributed by atoms with Gasteiger partial charge in [-0.3, -0.25) is 0 Å². The summed E-state index contributed by atoms with van der Waals surface area (Å²) in [7, 11) is 1.76. The van der Waals surface area contributed by atoms with Gasteiger partial charge in [-0.1, -0.05) is 27.7 Å². The van der Waals surface area contributed by atoms with Gasteiger partial charge in [0.2, 0.25) is 0 Å². The molecule has 0 aromatic rings. The minimum Gasteiger partial charge on any atom is -0.311 e. The van der Waals surface area contributed by atoms with Crippen LogP contribution in [-0.2, 0) is 0 Å². The van der Waals surface area contributed by atoms with Gasteiger partial charge < -0.3 is 10.2 Å². The van der Waals surface area contributed by atoms with Gasteiger partial charge in [0, 0.05) is 38.0 Å². The number of nitrogens with zero attached hydrogens (tertiary/aromatic N) is 1. The Kier molecular flexibility index (Phi) is 8.28. The summed E-state index contributed by atoms with van der Waals surface area (Å²) in [6, 6.07) is 0. The predicted molar refractivity (Wildman–Crippen MR) is 86.6 cm³/mol. The number of alkyl halides is 4. The third-order valence-corrected chi connectivity index (χ3v) is 4.86. The van der Waals surface area contributed by atoms with E-state index >= 15 is 0 Å². The minimum absolute atomic E-state index is 0.0992. The van der Waals surface area contributed by atoms with Crippen LogP contribution < -0.4 is 5.32 Å². The molecule has 4 unspecified atom stereocenters. The SMILES string of the molecule is CC(C)C1C(F)CN(C)CC1F.CC(C)C1C(F)CNCC1F. The highest BCUT2D eigenvalue weighted by molar-refractivity contribution is 4.88. The molecule has 2 fully saturated rings. The van der Waals surface area contributed by atoms with E-state index in [0.29, 0.717) is 26.2 Å². The Morgan fingerprint density at radius 2 is 1.09 bits per heavy atom. The zero-order valence-corrected chi connectivity index (χ0v) is 14.9. The Labute approximate surface area is 138 Å². The van der Waals surface area contributed by atoms with E-state index in [0.717, 1.165) is 0 Å². The number of halogens is 4. The molecule has 0 amide bonds. The normalized spacial score (nSPS) is 39.3. The molecule has 2 saturated heterocycles. The van der Waals surface area contributed by atoms with Crippen LogP contribution in [0.15, 0.2) is 0 Å². The molecule has 0 saturated carbocycles. The zero-order chi connectivity index (χ0) is 17.7. The topological polar surface area (TPSA) is 15.3 Å². The second-order valence-electron chi connectivity index (χ2n) is 7.59. The van der Waals surface area contributed by atoms with Gasteiger partial charge in [0.25, 0.3) is 0 Å². The smallest absolute Gasteiger partial charge is 0.119 e. The number of rotatable bonds is 2. The first kappa shape index (κ1) is 20.7. The van der Waals surface area contributed by atoms with E-state index in [1.807, 2.05) is 27.7 Å². The molecule has 2 nitrogen and oxygen atoms in total. The Morgan fingerprint density at radius 3 is 1.39 bits per heavy atom. The fraction of sp³-hybridized carbons (Fsp3) is 1.00. The fourth-order valence-electron chi connectivity index (χ4n) is 3.67. The van der Waals surface area contributed by atoms with E-state index in [1.165, 1.54) is 0 Å². The molecule has 0 aromatic heterocycles. The van der Waals surface area contributed by atoms with Crippen molar-refractivity contribution >= 4 is 0 Å². The number of hydrogen-bond acceptors (Lipinski definition) is 2. The summed E-state index contributed by atoms with van der Waals surface area (Å²) in [6.07, 6.45) is -4.03. The molecule has 2 aliphatic heterocycles. The van der Waals surface area contributed by atoms with Crippen LogP contribution in [0.3, 0.4) is 0 Å². The second kappa shape index (κ2) is 9.21. The summed E-state index contributed by atoms with van der Waals surface area (Å²) in [4.78, 5) is 1.72. The number of nitrogens with one attached hydrogen (secondary N) is 1. The van der Waals surface area contributed by atoms with Gasteiger partial charge in [-0.15, -0.1) is 0 Å². The molecule has 138 valence electrons.